The van der Waals surface area contributed by atoms with Crippen LogP contribution in [0, 0.1) is 0 Å². The molecule has 0 aliphatic heterocycles. The van der Waals surface area contributed by atoms with Gasteiger partial charge < -0.3 is 4.74 Å². The number of ether oxygens (including phenoxy) is 1. The highest BCUT2D eigenvalue weighted by Crippen LogP contribution is 2.33. The lowest BCUT2D eigenvalue weighted by Crippen LogP contribution is -2.22. The van der Waals surface area contributed by atoms with E-state index in [1.54, 1.807) is 6.92 Å². The summed E-state index contributed by atoms with van der Waals surface area (Å²) in [5.74, 6) is 0.461. The summed E-state index contributed by atoms with van der Waals surface area (Å²) in [5.41, 5.74) is 4.05. The quantitative estimate of drug-likeness (QED) is 0.467. The third-order valence-electron chi connectivity index (χ3n) is 4.82. The first-order chi connectivity index (χ1) is 11.8. The molecule has 2 heterocycles. The highest BCUT2D eigenvalue weighted by molar-refractivity contribution is 6.76. The predicted molar refractivity (Wildman–Crippen MR) is 99.7 cm³/mol. The van der Waals surface area contributed by atoms with E-state index >= 15 is 0 Å². The maximum absolute atomic E-state index is 11.6. The third kappa shape index (κ3) is 4.46. The lowest BCUT2D eigenvalue weighted by atomic mass is 9.83. The van der Waals surface area contributed by atoms with Crippen molar-refractivity contribution in [2.75, 3.05) is 6.61 Å². The SMILES string of the molecule is CC(=O)c1n[nH]c2c1CCC(c1cnn(COCC[Si](C)(C)C)c1)C2. The minimum atomic E-state index is -1.04. The molecule has 0 spiro atoms. The Morgan fingerprint density at radius 2 is 2.24 bits per heavy atom. The van der Waals surface area contributed by atoms with Crippen LogP contribution >= 0.6 is 0 Å². The van der Waals surface area contributed by atoms with Crippen LogP contribution in [0.5, 0.6) is 0 Å². The topological polar surface area (TPSA) is 72.8 Å². The molecule has 25 heavy (non-hydrogen) atoms. The number of nitrogens with one attached hydrogen (secondary N) is 1. The van der Waals surface area contributed by atoms with Crippen molar-refractivity contribution in [1.29, 1.82) is 0 Å². The number of ketones is 1. The minimum Gasteiger partial charge on any atom is -0.360 e. The Morgan fingerprint density at radius 1 is 1.44 bits per heavy atom. The van der Waals surface area contributed by atoms with Crippen LogP contribution in [0.2, 0.25) is 25.7 Å². The first kappa shape index (κ1) is 18.1. The average molecular weight is 361 g/mol. The fourth-order valence-corrected chi connectivity index (χ4v) is 4.04. The van der Waals surface area contributed by atoms with Crippen molar-refractivity contribution >= 4 is 13.9 Å². The maximum Gasteiger partial charge on any atom is 0.180 e. The summed E-state index contributed by atoms with van der Waals surface area (Å²) in [6.07, 6.45) is 6.84. The summed E-state index contributed by atoms with van der Waals surface area (Å²) in [4.78, 5) is 11.6. The van der Waals surface area contributed by atoms with Gasteiger partial charge in [0, 0.05) is 39.1 Å². The van der Waals surface area contributed by atoms with Crippen LogP contribution in [0.4, 0.5) is 0 Å². The molecule has 1 N–H and O–H groups in total. The minimum absolute atomic E-state index is 0.0410. The van der Waals surface area contributed by atoms with Crippen molar-refractivity contribution in [3.63, 3.8) is 0 Å². The second kappa shape index (κ2) is 7.25. The van der Waals surface area contributed by atoms with Crippen molar-refractivity contribution in [2.45, 2.75) is 64.5 Å². The number of aromatic nitrogens is 4. The summed E-state index contributed by atoms with van der Waals surface area (Å²) in [5, 5.41) is 11.7. The molecular formula is C18H28N4O2Si. The molecule has 1 aliphatic rings. The standard InChI is InChI=1S/C18H28N4O2Si/c1-13(23)18-16-6-5-14(9-17(16)20-21-18)15-10-19-22(11-15)12-24-7-8-25(2,3)4/h10-11,14H,5-9,12H2,1-4H3,(H,20,21). The molecule has 0 saturated carbocycles. The zero-order valence-electron chi connectivity index (χ0n) is 15.6. The van der Waals surface area contributed by atoms with Crippen LogP contribution in [-0.4, -0.2) is 40.4 Å². The van der Waals surface area contributed by atoms with Crippen molar-refractivity contribution in [2.24, 2.45) is 0 Å². The van der Waals surface area contributed by atoms with E-state index < -0.39 is 8.07 Å². The van der Waals surface area contributed by atoms with E-state index in [0.29, 0.717) is 18.3 Å². The van der Waals surface area contributed by atoms with Gasteiger partial charge >= 0.3 is 0 Å². The number of Topliss-reactive ketones (excluding diaryl/α,β-unsaturated/α-hetero) is 1. The second-order valence-corrected chi connectivity index (χ2v) is 13.8. The molecule has 7 heteroatoms. The molecule has 1 unspecified atom stereocenters. The fourth-order valence-electron chi connectivity index (χ4n) is 3.28. The van der Waals surface area contributed by atoms with E-state index in [2.05, 4.69) is 41.1 Å². The van der Waals surface area contributed by atoms with Gasteiger partial charge in [0.05, 0.1) is 6.20 Å². The van der Waals surface area contributed by atoms with E-state index in [-0.39, 0.29) is 5.78 Å². The summed E-state index contributed by atoms with van der Waals surface area (Å²) >= 11 is 0. The summed E-state index contributed by atoms with van der Waals surface area (Å²) in [6.45, 7) is 9.96. The molecule has 0 radical (unpaired) electrons. The number of fused-ring (bicyclic) bond motifs is 1. The van der Waals surface area contributed by atoms with Gasteiger partial charge in [0.1, 0.15) is 12.4 Å². The first-order valence-electron chi connectivity index (χ1n) is 9.00. The summed E-state index contributed by atoms with van der Waals surface area (Å²) in [6, 6.07) is 1.17. The maximum atomic E-state index is 11.6. The Morgan fingerprint density at radius 3 is 2.96 bits per heavy atom. The number of H-pyrrole nitrogens is 1. The molecule has 0 amide bonds. The molecular weight excluding hydrogens is 332 g/mol. The van der Waals surface area contributed by atoms with Gasteiger partial charge in [0.15, 0.2) is 5.78 Å². The lowest BCUT2D eigenvalue weighted by molar-refractivity contribution is 0.0785. The van der Waals surface area contributed by atoms with Crippen LogP contribution in [0.3, 0.4) is 0 Å². The normalized spacial score (nSPS) is 17.5. The van der Waals surface area contributed by atoms with Gasteiger partial charge in [-0.15, -0.1) is 0 Å². The zero-order chi connectivity index (χ0) is 18.0. The number of hydrogen-bond donors (Lipinski definition) is 1. The molecule has 1 aliphatic carbocycles. The number of rotatable bonds is 7. The van der Waals surface area contributed by atoms with Crippen molar-refractivity contribution < 1.29 is 9.53 Å². The number of aromatic amines is 1. The van der Waals surface area contributed by atoms with E-state index in [9.17, 15) is 4.79 Å². The third-order valence-corrected chi connectivity index (χ3v) is 6.53. The van der Waals surface area contributed by atoms with Gasteiger partial charge in [0.25, 0.3) is 0 Å². The molecule has 6 nitrogen and oxygen atoms in total. The summed E-state index contributed by atoms with van der Waals surface area (Å²) < 4.78 is 7.64. The van der Waals surface area contributed by atoms with Gasteiger partial charge in [-0.3, -0.25) is 9.89 Å². The van der Waals surface area contributed by atoms with E-state index in [0.717, 1.165) is 37.1 Å². The zero-order valence-corrected chi connectivity index (χ0v) is 16.6. The Labute approximate surface area is 150 Å². The summed E-state index contributed by atoms with van der Waals surface area (Å²) in [7, 11) is -1.04. The lowest BCUT2D eigenvalue weighted by Gasteiger charge is -2.20. The Kier molecular flexibility index (Phi) is 5.24. The monoisotopic (exact) mass is 360 g/mol. The molecule has 0 fully saturated rings. The predicted octanol–water partition coefficient (Wildman–Crippen LogP) is 3.39. The molecule has 136 valence electrons. The number of hydrogen-bond acceptors (Lipinski definition) is 4. The first-order valence-corrected chi connectivity index (χ1v) is 12.7. The smallest absolute Gasteiger partial charge is 0.180 e. The largest absolute Gasteiger partial charge is 0.360 e. The van der Waals surface area contributed by atoms with Crippen molar-refractivity contribution in [1.82, 2.24) is 20.0 Å². The molecule has 3 rings (SSSR count). The van der Waals surface area contributed by atoms with E-state index in [1.807, 2.05) is 10.9 Å². The van der Waals surface area contributed by atoms with E-state index in [4.69, 9.17) is 4.74 Å². The van der Waals surface area contributed by atoms with E-state index in [1.165, 1.54) is 11.6 Å². The van der Waals surface area contributed by atoms with Gasteiger partial charge in [-0.25, -0.2) is 4.68 Å². The molecule has 0 aromatic carbocycles. The molecule has 0 bridgehead atoms. The number of nitrogens with zero attached hydrogens (tertiary/aromatic N) is 3. The van der Waals surface area contributed by atoms with Crippen LogP contribution < -0.4 is 0 Å². The number of carbonyl (C=O) groups is 1. The number of carbonyl (C=O) groups excluding carboxylic acids is 1. The average Bonchev–Trinajstić information content (AvgIpc) is 3.16. The molecule has 1 atom stereocenters. The highest BCUT2D eigenvalue weighted by Gasteiger charge is 2.26. The van der Waals surface area contributed by atoms with Gasteiger partial charge in [-0.1, -0.05) is 19.6 Å². The molecule has 0 saturated heterocycles. The van der Waals surface area contributed by atoms with Crippen LogP contribution in [0.15, 0.2) is 12.4 Å². The molecule has 2 aromatic rings. The van der Waals surface area contributed by atoms with Crippen molar-refractivity contribution in [3.05, 3.63) is 34.9 Å². The van der Waals surface area contributed by atoms with Crippen LogP contribution in [0.1, 0.15) is 46.6 Å². The van der Waals surface area contributed by atoms with Gasteiger partial charge in [-0.2, -0.15) is 10.2 Å². The Balaban J connectivity index is 1.57. The highest BCUT2D eigenvalue weighted by atomic mass is 28.3. The van der Waals surface area contributed by atoms with Crippen LogP contribution in [-0.2, 0) is 24.3 Å². The van der Waals surface area contributed by atoms with Crippen LogP contribution in [0.25, 0.3) is 0 Å². The Hall–Kier alpha value is -1.73. The Bertz CT molecular complexity index is 745. The van der Waals surface area contributed by atoms with Gasteiger partial charge in [0.2, 0.25) is 0 Å². The fraction of sp³-hybridized carbons (Fsp3) is 0.611. The van der Waals surface area contributed by atoms with Crippen molar-refractivity contribution in [3.8, 4) is 0 Å². The second-order valence-electron chi connectivity index (χ2n) is 8.19. The molecule has 2 aromatic heterocycles. The van der Waals surface area contributed by atoms with Gasteiger partial charge in [-0.05, 0) is 36.8 Å².